The summed E-state index contributed by atoms with van der Waals surface area (Å²) < 4.78 is 11.0. The molecule has 8 heteroatoms. The number of primary amides is 2. The van der Waals surface area contributed by atoms with Crippen LogP contribution in [0.25, 0.3) is 0 Å². The lowest BCUT2D eigenvalue weighted by atomic mass is 10.1. The summed E-state index contributed by atoms with van der Waals surface area (Å²) in [6.07, 6.45) is 0.893. The van der Waals surface area contributed by atoms with Gasteiger partial charge in [0.1, 0.15) is 0 Å². The maximum atomic E-state index is 12.6. The number of anilines is 1. The minimum absolute atomic E-state index is 0.0584. The van der Waals surface area contributed by atoms with Gasteiger partial charge in [0.05, 0.1) is 13.7 Å². The molecule has 8 nitrogen and oxygen atoms in total. The average molecular weight is 399 g/mol. The maximum Gasteiger partial charge on any atom is 0.255 e. The summed E-state index contributed by atoms with van der Waals surface area (Å²) in [4.78, 5) is 35.5. The van der Waals surface area contributed by atoms with E-state index in [0.29, 0.717) is 29.6 Å². The van der Waals surface area contributed by atoms with E-state index < -0.39 is 17.7 Å². The highest BCUT2D eigenvalue weighted by molar-refractivity contribution is 6.07. The van der Waals surface area contributed by atoms with Crippen molar-refractivity contribution in [3.05, 3.63) is 53.1 Å². The van der Waals surface area contributed by atoms with Gasteiger partial charge in [0.2, 0.25) is 11.8 Å². The summed E-state index contributed by atoms with van der Waals surface area (Å²) in [5.41, 5.74) is 11.2. The molecule has 0 aliphatic heterocycles. The molecule has 0 unspecified atom stereocenters. The van der Waals surface area contributed by atoms with E-state index in [2.05, 4.69) is 19.2 Å². The fraction of sp³-hybridized carbons (Fsp3) is 0.286. The summed E-state index contributed by atoms with van der Waals surface area (Å²) in [5, 5.41) is 2.63. The number of rotatable bonds is 9. The van der Waals surface area contributed by atoms with E-state index in [4.69, 9.17) is 20.9 Å². The molecule has 0 atom stereocenters. The first-order chi connectivity index (χ1) is 13.7. The van der Waals surface area contributed by atoms with Crippen molar-refractivity contribution in [2.75, 3.05) is 19.0 Å². The van der Waals surface area contributed by atoms with Crippen LogP contribution in [0.4, 0.5) is 5.69 Å². The predicted molar refractivity (Wildman–Crippen MR) is 109 cm³/mol. The Morgan fingerprint density at radius 3 is 2.07 bits per heavy atom. The van der Waals surface area contributed by atoms with Crippen LogP contribution in [0.1, 0.15) is 51.3 Å². The number of benzene rings is 2. The number of methoxy groups -OCH3 is 1. The van der Waals surface area contributed by atoms with E-state index in [-0.39, 0.29) is 16.8 Å². The summed E-state index contributed by atoms with van der Waals surface area (Å²) in [5.74, 6) is -0.482. The Morgan fingerprint density at radius 2 is 1.55 bits per heavy atom. The SMILES string of the molecule is COc1cc(C(=O)Nc2cc(C(N)=O)cc(C(N)=O)c2)ccc1OCCC(C)C. The highest BCUT2D eigenvalue weighted by Gasteiger charge is 2.14. The number of carbonyl (C=O) groups excluding carboxylic acids is 3. The number of ether oxygens (including phenoxy) is 2. The third kappa shape index (κ3) is 5.97. The normalized spacial score (nSPS) is 10.5. The van der Waals surface area contributed by atoms with Crippen molar-refractivity contribution in [3.8, 4) is 11.5 Å². The molecule has 0 aliphatic carbocycles. The molecule has 29 heavy (non-hydrogen) atoms. The first-order valence-electron chi connectivity index (χ1n) is 9.08. The molecule has 0 bridgehead atoms. The van der Waals surface area contributed by atoms with E-state index >= 15 is 0 Å². The molecule has 0 aromatic heterocycles. The van der Waals surface area contributed by atoms with Gasteiger partial charge in [0.25, 0.3) is 5.91 Å². The third-order valence-electron chi connectivity index (χ3n) is 4.14. The highest BCUT2D eigenvalue weighted by atomic mass is 16.5. The number of nitrogens with two attached hydrogens (primary N) is 2. The monoisotopic (exact) mass is 399 g/mol. The first kappa shape index (κ1) is 21.7. The second-order valence-corrected chi connectivity index (χ2v) is 6.88. The predicted octanol–water partition coefficient (Wildman–Crippen LogP) is 2.57. The van der Waals surface area contributed by atoms with Crippen LogP contribution in [-0.4, -0.2) is 31.4 Å². The van der Waals surface area contributed by atoms with Crippen molar-refractivity contribution in [3.63, 3.8) is 0 Å². The molecule has 0 saturated heterocycles. The molecule has 154 valence electrons. The Labute approximate surface area is 169 Å². The molecule has 5 N–H and O–H groups in total. The summed E-state index contributed by atoms with van der Waals surface area (Å²) in [7, 11) is 1.49. The standard InChI is InChI=1S/C21H25N3O5/c1-12(2)6-7-29-17-5-4-13(11-18(17)28-3)21(27)24-16-9-14(19(22)25)8-15(10-16)20(23)26/h4-5,8-12H,6-7H2,1-3H3,(H2,22,25)(H2,23,26)(H,24,27). The Balaban J connectivity index is 2.22. The topological polar surface area (TPSA) is 134 Å². The van der Waals surface area contributed by atoms with Gasteiger partial charge < -0.3 is 26.3 Å². The molecule has 0 spiro atoms. The number of carbonyl (C=O) groups is 3. The van der Waals surface area contributed by atoms with Crippen molar-refractivity contribution in [2.24, 2.45) is 17.4 Å². The van der Waals surface area contributed by atoms with Crippen molar-refractivity contribution in [1.82, 2.24) is 0 Å². The number of amides is 3. The van der Waals surface area contributed by atoms with Crippen LogP contribution >= 0.6 is 0 Å². The van der Waals surface area contributed by atoms with E-state index in [1.54, 1.807) is 18.2 Å². The molecular formula is C21H25N3O5. The van der Waals surface area contributed by atoms with Crippen LogP contribution in [0.5, 0.6) is 11.5 Å². The zero-order valence-electron chi connectivity index (χ0n) is 16.7. The van der Waals surface area contributed by atoms with Gasteiger partial charge >= 0.3 is 0 Å². The van der Waals surface area contributed by atoms with Crippen LogP contribution in [-0.2, 0) is 0 Å². The van der Waals surface area contributed by atoms with Gasteiger partial charge in [-0.3, -0.25) is 14.4 Å². The molecule has 0 saturated carbocycles. The molecule has 0 radical (unpaired) electrons. The minimum atomic E-state index is -0.742. The zero-order chi connectivity index (χ0) is 21.6. The zero-order valence-corrected chi connectivity index (χ0v) is 16.7. The Bertz CT molecular complexity index is 892. The fourth-order valence-corrected chi connectivity index (χ4v) is 2.52. The lowest BCUT2D eigenvalue weighted by Gasteiger charge is -2.13. The summed E-state index contributed by atoms with van der Waals surface area (Å²) >= 11 is 0. The average Bonchev–Trinajstić information content (AvgIpc) is 2.67. The van der Waals surface area contributed by atoms with Crippen LogP contribution in [0.3, 0.4) is 0 Å². The van der Waals surface area contributed by atoms with Gasteiger partial charge in [-0.1, -0.05) is 13.8 Å². The molecule has 0 heterocycles. The van der Waals surface area contributed by atoms with E-state index in [0.717, 1.165) is 6.42 Å². The van der Waals surface area contributed by atoms with Gasteiger partial charge in [0.15, 0.2) is 11.5 Å². The molecular weight excluding hydrogens is 374 g/mol. The molecule has 2 aromatic carbocycles. The van der Waals surface area contributed by atoms with Gasteiger partial charge in [-0.05, 0) is 48.7 Å². The second-order valence-electron chi connectivity index (χ2n) is 6.88. The van der Waals surface area contributed by atoms with Gasteiger partial charge in [0, 0.05) is 22.4 Å². The molecule has 2 rings (SSSR count). The fourth-order valence-electron chi connectivity index (χ4n) is 2.52. The maximum absolute atomic E-state index is 12.6. The van der Waals surface area contributed by atoms with Gasteiger partial charge in [-0.25, -0.2) is 0 Å². The van der Waals surface area contributed by atoms with Crippen LogP contribution < -0.4 is 26.3 Å². The van der Waals surface area contributed by atoms with Crippen molar-refractivity contribution < 1.29 is 23.9 Å². The Kier molecular flexibility index (Phi) is 7.19. The summed E-state index contributed by atoms with van der Waals surface area (Å²) in [6.45, 7) is 4.74. The van der Waals surface area contributed by atoms with Gasteiger partial charge in [-0.2, -0.15) is 0 Å². The second kappa shape index (κ2) is 9.59. The molecule has 2 aromatic rings. The molecule has 0 fully saturated rings. The minimum Gasteiger partial charge on any atom is -0.493 e. The quantitative estimate of drug-likeness (QED) is 0.596. The number of hydrogen-bond donors (Lipinski definition) is 3. The highest BCUT2D eigenvalue weighted by Crippen LogP contribution is 2.29. The van der Waals surface area contributed by atoms with Gasteiger partial charge in [-0.15, -0.1) is 0 Å². The molecule has 3 amide bonds. The van der Waals surface area contributed by atoms with E-state index in [9.17, 15) is 14.4 Å². The smallest absolute Gasteiger partial charge is 0.255 e. The molecule has 0 aliphatic rings. The van der Waals surface area contributed by atoms with E-state index in [1.165, 1.54) is 25.3 Å². The number of hydrogen-bond acceptors (Lipinski definition) is 5. The lowest BCUT2D eigenvalue weighted by molar-refractivity contribution is 0.0994. The van der Waals surface area contributed by atoms with Crippen LogP contribution in [0, 0.1) is 5.92 Å². The van der Waals surface area contributed by atoms with E-state index in [1.807, 2.05) is 0 Å². The van der Waals surface area contributed by atoms with Crippen LogP contribution in [0.15, 0.2) is 36.4 Å². The largest absolute Gasteiger partial charge is 0.493 e. The first-order valence-corrected chi connectivity index (χ1v) is 9.08. The lowest BCUT2D eigenvalue weighted by Crippen LogP contribution is -2.18. The Hall–Kier alpha value is -3.55. The van der Waals surface area contributed by atoms with Crippen molar-refractivity contribution in [2.45, 2.75) is 20.3 Å². The Morgan fingerprint density at radius 1 is 0.931 bits per heavy atom. The summed E-state index contributed by atoms with van der Waals surface area (Å²) in [6, 6.07) is 8.80. The van der Waals surface area contributed by atoms with Crippen molar-refractivity contribution in [1.29, 1.82) is 0 Å². The third-order valence-corrected chi connectivity index (χ3v) is 4.14. The number of nitrogens with one attached hydrogen (secondary N) is 1. The van der Waals surface area contributed by atoms with Crippen molar-refractivity contribution >= 4 is 23.4 Å². The van der Waals surface area contributed by atoms with Crippen LogP contribution in [0.2, 0.25) is 0 Å².